The maximum atomic E-state index is 11.9. The van der Waals surface area contributed by atoms with E-state index in [4.69, 9.17) is 14.7 Å². The van der Waals surface area contributed by atoms with Crippen molar-refractivity contribution >= 4 is 11.9 Å². The third kappa shape index (κ3) is 7.40. The Morgan fingerprint density at radius 3 is 2.26 bits per heavy atom. The summed E-state index contributed by atoms with van der Waals surface area (Å²) >= 11 is 0. The molecule has 0 aliphatic carbocycles. The summed E-state index contributed by atoms with van der Waals surface area (Å²) in [5.41, 5.74) is 0.848. The van der Waals surface area contributed by atoms with Crippen LogP contribution < -0.4 is 5.32 Å². The molecular weight excluding hydrogens is 300 g/mol. The van der Waals surface area contributed by atoms with E-state index < -0.39 is 5.97 Å². The molecule has 0 aromatic heterocycles. The Balaban J connectivity index is 2.17. The van der Waals surface area contributed by atoms with Gasteiger partial charge in [-0.05, 0) is 24.3 Å². The van der Waals surface area contributed by atoms with Crippen molar-refractivity contribution < 1.29 is 23.8 Å². The van der Waals surface area contributed by atoms with E-state index in [2.05, 4.69) is 10.1 Å². The van der Waals surface area contributed by atoms with E-state index in [0.717, 1.165) is 0 Å². The van der Waals surface area contributed by atoms with Gasteiger partial charge in [0.2, 0.25) is 0 Å². The van der Waals surface area contributed by atoms with Crippen LogP contribution in [0.3, 0.4) is 0 Å². The molecule has 0 radical (unpaired) electrons. The number of amides is 1. The van der Waals surface area contributed by atoms with Gasteiger partial charge in [0.15, 0.2) is 0 Å². The van der Waals surface area contributed by atoms with Gasteiger partial charge in [-0.25, -0.2) is 4.79 Å². The van der Waals surface area contributed by atoms with Crippen LogP contribution in [-0.2, 0) is 14.2 Å². The maximum absolute atomic E-state index is 11.9. The SMILES string of the molecule is COC(=O)c1ccc(C(=O)NCCOCCOCCC#N)cc1. The van der Waals surface area contributed by atoms with Crippen LogP contribution in [0.4, 0.5) is 0 Å². The topological polar surface area (TPSA) is 97.7 Å². The smallest absolute Gasteiger partial charge is 0.337 e. The lowest BCUT2D eigenvalue weighted by Gasteiger charge is -2.07. The number of esters is 1. The number of hydrogen-bond acceptors (Lipinski definition) is 6. The fourth-order valence-corrected chi connectivity index (χ4v) is 1.65. The van der Waals surface area contributed by atoms with Crippen LogP contribution in [0.2, 0.25) is 0 Å². The Hall–Kier alpha value is -2.43. The number of hydrogen-bond donors (Lipinski definition) is 1. The van der Waals surface area contributed by atoms with Crippen molar-refractivity contribution in [3.05, 3.63) is 35.4 Å². The van der Waals surface area contributed by atoms with Gasteiger partial charge in [-0.2, -0.15) is 5.26 Å². The van der Waals surface area contributed by atoms with Gasteiger partial charge >= 0.3 is 5.97 Å². The summed E-state index contributed by atoms with van der Waals surface area (Å²) in [4.78, 5) is 23.1. The molecule has 1 N–H and O–H groups in total. The second-order valence-corrected chi connectivity index (χ2v) is 4.46. The monoisotopic (exact) mass is 320 g/mol. The largest absolute Gasteiger partial charge is 0.465 e. The van der Waals surface area contributed by atoms with Crippen molar-refractivity contribution in [2.75, 3.05) is 40.1 Å². The second kappa shape index (κ2) is 11.2. The van der Waals surface area contributed by atoms with Crippen molar-refractivity contribution in [2.24, 2.45) is 0 Å². The van der Waals surface area contributed by atoms with E-state index in [9.17, 15) is 9.59 Å². The Morgan fingerprint density at radius 1 is 1.04 bits per heavy atom. The third-order valence-electron chi connectivity index (χ3n) is 2.83. The Labute approximate surface area is 135 Å². The zero-order chi connectivity index (χ0) is 16.9. The molecule has 1 amide bonds. The Morgan fingerprint density at radius 2 is 1.65 bits per heavy atom. The first-order valence-electron chi connectivity index (χ1n) is 7.18. The quantitative estimate of drug-likeness (QED) is 0.513. The summed E-state index contributed by atoms with van der Waals surface area (Å²) in [6, 6.07) is 8.18. The number of nitrogens with one attached hydrogen (secondary N) is 1. The van der Waals surface area contributed by atoms with Gasteiger partial charge in [0.05, 0.1) is 51.6 Å². The number of rotatable bonds is 10. The summed E-state index contributed by atoms with van der Waals surface area (Å²) in [6.07, 6.45) is 0.366. The number of carbonyl (C=O) groups excluding carboxylic acids is 2. The zero-order valence-electron chi connectivity index (χ0n) is 13.0. The van der Waals surface area contributed by atoms with Crippen LogP contribution in [0, 0.1) is 11.3 Å². The lowest BCUT2D eigenvalue weighted by molar-refractivity contribution is 0.0502. The van der Waals surface area contributed by atoms with E-state index >= 15 is 0 Å². The van der Waals surface area contributed by atoms with Crippen molar-refractivity contribution in [3.8, 4) is 6.07 Å². The van der Waals surface area contributed by atoms with Crippen LogP contribution in [-0.4, -0.2) is 52.0 Å². The highest BCUT2D eigenvalue weighted by Crippen LogP contribution is 2.05. The molecule has 0 unspecified atom stereocenters. The highest BCUT2D eigenvalue weighted by atomic mass is 16.5. The molecular formula is C16H20N2O5. The average molecular weight is 320 g/mol. The van der Waals surface area contributed by atoms with Crippen molar-refractivity contribution in [2.45, 2.75) is 6.42 Å². The van der Waals surface area contributed by atoms with Crippen LogP contribution in [0.15, 0.2) is 24.3 Å². The van der Waals surface area contributed by atoms with Crippen molar-refractivity contribution in [3.63, 3.8) is 0 Å². The van der Waals surface area contributed by atoms with Crippen LogP contribution in [0.5, 0.6) is 0 Å². The van der Waals surface area contributed by atoms with E-state index in [-0.39, 0.29) is 5.91 Å². The van der Waals surface area contributed by atoms with Crippen molar-refractivity contribution in [1.82, 2.24) is 5.32 Å². The van der Waals surface area contributed by atoms with Gasteiger partial charge in [-0.15, -0.1) is 0 Å². The number of nitrogens with zero attached hydrogens (tertiary/aromatic N) is 1. The molecule has 1 rings (SSSR count). The van der Waals surface area contributed by atoms with Gasteiger partial charge in [0, 0.05) is 12.1 Å². The lowest BCUT2D eigenvalue weighted by Crippen LogP contribution is -2.27. The summed E-state index contributed by atoms with van der Waals surface area (Å²) in [7, 11) is 1.30. The number of carbonyl (C=O) groups is 2. The van der Waals surface area contributed by atoms with Crippen LogP contribution >= 0.6 is 0 Å². The van der Waals surface area contributed by atoms with Crippen LogP contribution in [0.1, 0.15) is 27.1 Å². The zero-order valence-corrected chi connectivity index (χ0v) is 13.0. The highest BCUT2D eigenvalue weighted by Gasteiger charge is 2.08. The molecule has 0 saturated heterocycles. The van der Waals surface area contributed by atoms with E-state index in [0.29, 0.717) is 50.5 Å². The molecule has 0 bridgehead atoms. The van der Waals surface area contributed by atoms with Gasteiger partial charge < -0.3 is 19.5 Å². The third-order valence-corrected chi connectivity index (χ3v) is 2.83. The fraction of sp³-hybridized carbons (Fsp3) is 0.438. The van der Waals surface area contributed by atoms with Crippen LogP contribution in [0.25, 0.3) is 0 Å². The van der Waals surface area contributed by atoms with Gasteiger partial charge in [-0.1, -0.05) is 0 Å². The summed E-state index contributed by atoms with van der Waals surface area (Å²) < 4.78 is 15.0. The molecule has 0 fully saturated rings. The number of methoxy groups -OCH3 is 1. The molecule has 0 spiro atoms. The first-order valence-corrected chi connectivity index (χ1v) is 7.18. The van der Waals surface area contributed by atoms with Crippen molar-refractivity contribution in [1.29, 1.82) is 5.26 Å². The highest BCUT2D eigenvalue weighted by molar-refractivity contribution is 5.96. The first kappa shape index (κ1) is 18.6. The maximum Gasteiger partial charge on any atom is 0.337 e. The standard InChI is InChI=1S/C16H20N2O5/c1-21-16(20)14-5-3-13(4-6-14)15(19)18-8-10-23-12-11-22-9-2-7-17/h3-6H,2,8-12H2,1H3,(H,18,19). The molecule has 0 saturated carbocycles. The number of benzene rings is 1. The van der Waals surface area contributed by atoms with Gasteiger partial charge in [0.1, 0.15) is 0 Å². The van der Waals surface area contributed by atoms with E-state index in [1.807, 2.05) is 6.07 Å². The summed E-state index contributed by atoms with van der Waals surface area (Å²) in [5.74, 6) is -0.683. The predicted octanol–water partition coefficient (Wildman–Crippen LogP) is 1.15. The van der Waals surface area contributed by atoms with Gasteiger partial charge in [-0.3, -0.25) is 4.79 Å². The molecule has 124 valence electrons. The molecule has 23 heavy (non-hydrogen) atoms. The normalized spacial score (nSPS) is 9.91. The molecule has 0 atom stereocenters. The lowest BCUT2D eigenvalue weighted by atomic mass is 10.1. The predicted molar refractivity (Wildman–Crippen MR) is 82.0 cm³/mol. The summed E-state index contributed by atoms with van der Waals surface area (Å²) in [5, 5.41) is 11.0. The summed E-state index contributed by atoms with van der Waals surface area (Å²) in [6.45, 7) is 1.97. The molecule has 0 aliphatic heterocycles. The minimum absolute atomic E-state index is 0.240. The molecule has 7 nitrogen and oxygen atoms in total. The minimum atomic E-state index is -0.442. The Kier molecular flexibility index (Phi) is 9.05. The number of nitriles is 1. The van der Waals surface area contributed by atoms with E-state index in [1.165, 1.54) is 19.2 Å². The molecule has 0 heterocycles. The fourth-order valence-electron chi connectivity index (χ4n) is 1.65. The minimum Gasteiger partial charge on any atom is -0.465 e. The molecule has 1 aromatic rings. The second-order valence-electron chi connectivity index (χ2n) is 4.46. The molecule has 0 aliphatic rings. The van der Waals surface area contributed by atoms with Gasteiger partial charge in [0.25, 0.3) is 5.91 Å². The molecule has 7 heteroatoms. The first-order chi connectivity index (χ1) is 11.2. The Bertz CT molecular complexity index is 536. The average Bonchev–Trinajstić information content (AvgIpc) is 2.59. The van der Waals surface area contributed by atoms with E-state index in [1.54, 1.807) is 12.1 Å². The molecule has 1 aromatic carbocycles. The number of ether oxygens (including phenoxy) is 3.